The highest BCUT2D eigenvalue weighted by molar-refractivity contribution is 6.04. The van der Waals surface area contributed by atoms with Crippen LogP contribution in [0.15, 0.2) is 53.6 Å². The quantitative estimate of drug-likeness (QED) is 0.167. The smallest absolute Gasteiger partial charge is 0.260 e. The topological polar surface area (TPSA) is 113 Å². The average molecular weight is 805 g/mol. The first-order valence-electron chi connectivity index (χ1n) is 20.2. The number of ether oxygens (including phenoxy) is 4. The van der Waals surface area contributed by atoms with E-state index in [9.17, 15) is 19.1 Å². The molecule has 11 nitrogen and oxygen atoms in total. The van der Waals surface area contributed by atoms with Crippen molar-refractivity contribution < 1.29 is 38.0 Å². The van der Waals surface area contributed by atoms with E-state index < -0.39 is 6.04 Å². The van der Waals surface area contributed by atoms with Crippen molar-refractivity contribution in [3.8, 4) is 35.8 Å². The highest BCUT2D eigenvalue weighted by Gasteiger charge is 2.35. The van der Waals surface area contributed by atoms with Gasteiger partial charge in [0.2, 0.25) is 0 Å². The van der Waals surface area contributed by atoms with Crippen LogP contribution >= 0.6 is 0 Å². The van der Waals surface area contributed by atoms with Crippen LogP contribution in [0, 0.1) is 23.7 Å². The molecule has 58 heavy (non-hydrogen) atoms. The molecule has 12 heteroatoms. The second-order valence-corrected chi connectivity index (χ2v) is 16.3. The number of hydrogen-bond donors (Lipinski definition) is 1. The zero-order valence-corrected chi connectivity index (χ0v) is 36.3. The summed E-state index contributed by atoms with van der Waals surface area (Å²) in [7, 11) is 4.96. The standard InChI is InChI=1S/C39H51FN4O7.C5H12.C2H2/c1-9-13-43-22-27(23-45)42(6)31-19-35(33(49-8)17-29(31)36(43)46)50-14-12-38(2,3)10-11-39(4,5)24-51-34-18-30-28(16-32(34)48-7)37(47)44-21-25(40)15-26(44)20-41-30;1-3-5-4-2;1-2/h9,13,16-21,26-27,45H,10-12,14-15,22-24H2,1-8H3;3-5H2,1-2H3;1-2H/b13-9-;;. The maximum atomic E-state index is 13.9. The minimum absolute atomic E-state index is 0.0594. The number of likely N-dealkylation sites (N-methyl/N-ethyl adjacent to an activating group) is 1. The number of carbonyl (C=O) groups excluding carboxylic acids is 2. The number of benzene rings is 2. The van der Waals surface area contributed by atoms with Gasteiger partial charge in [-0.15, -0.1) is 12.8 Å². The van der Waals surface area contributed by atoms with Gasteiger partial charge in [-0.1, -0.05) is 66.9 Å². The van der Waals surface area contributed by atoms with E-state index in [2.05, 4.69) is 59.4 Å². The van der Waals surface area contributed by atoms with Gasteiger partial charge in [0.05, 0.1) is 68.6 Å². The maximum Gasteiger partial charge on any atom is 0.260 e. The Kier molecular flexibility index (Phi) is 17.7. The van der Waals surface area contributed by atoms with Gasteiger partial charge in [-0.3, -0.25) is 14.6 Å². The number of methoxy groups -OCH3 is 2. The fourth-order valence-corrected chi connectivity index (χ4v) is 6.83. The Labute approximate surface area is 345 Å². The summed E-state index contributed by atoms with van der Waals surface area (Å²) in [5, 5.41) is 10.1. The first-order chi connectivity index (χ1) is 27.6. The van der Waals surface area contributed by atoms with Crippen molar-refractivity contribution in [3.05, 3.63) is 59.7 Å². The zero-order chi connectivity index (χ0) is 43.2. The molecule has 0 spiro atoms. The lowest BCUT2D eigenvalue weighted by Crippen LogP contribution is -2.41. The zero-order valence-electron chi connectivity index (χ0n) is 36.3. The summed E-state index contributed by atoms with van der Waals surface area (Å²) < 4.78 is 37.7. The van der Waals surface area contributed by atoms with E-state index in [1.807, 2.05) is 24.9 Å². The van der Waals surface area contributed by atoms with Crippen molar-refractivity contribution in [1.82, 2.24) is 9.80 Å². The van der Waals surface area contributed by atoms with Gasteiger partial charge in [-0.25, -0.2) is 4.39 Å². The third-order valence-corrected chi connectivity index (χ3v) is 10.7. The van der Waals surface area contributed by atoms with Gasteiger partial charge in [0.25, 0.3) is 11.8 Å². The molecule has 5 rings (SSSR count). The van der Waals surface area contributed by atoms with Crippen molar-refractivity contribution in [1.29, 1.82) is 0 Å². The molecule has 3 aliphatic rings. The van der Waals surface area contributed by atoms with E-state index in [1.54, 1.807) is 48.7 Å². The SMILES string of the molecule is C#C.C/C=C\N1CC(CO)N(C)c2cc(OCCC(C)(C)CCC(C)(C)COc3cc4c(cc3OC)C(=O)N3C=C(F)CC3C=N4)c(OC)cc2C1=O.CCCCC. The number of rotatable bonds is 16. The van der Waals surface area contributed by atoms with E-state index >= 15 is 0 Å². The minimum atomic E-state index is -0.445. The molecular weight excluding hydrogens is 740 g/mol. The number of aliphatic imine (C=N–C) groups is 1. The molecule has 2 unspecified atom stereocenters. The summed E-state index contributed by atoms with van der Waals surface area (Å²) in [5.41, 5.74) is 1.71. The van der Waals surface area contributed by atoms with Crippen molar-refractivity contribution in [3.63, 3.8) is 0 Å². The molecular formula is C46H65FN4O7. The van der Waals surface area contributed by atoms with Gasteiger partial charge >= 0.3 is 0 Å². The number of nitrogens with zero attached hydrogens (tertiary/aromatic N) is 4. The van der Waals surface area contributed by atoms with Gasteiger partial charge < -0.3 is 38.8 Å². The molecule has 0 saturated heterocycles. The van der Waals surface area contributed by atoms with Crippen molar-refractivity contribution in [2.45, 2.75) is 105 Å². The molecule has 2 aromatic carbocycles. The van der Waals surface area contributed by atoms with Gasteiger partial charge in [-0.05, 0) is 49.1 Å². The first-order valence-corrected chi connectivity index (χ1v) is 20.2. The first kappa shape index (κ1) is 47.4. The molecule has 2 atom stereocenters. The highest BCUT2D eigenvalue weighted by Crippen LogP contribution is 2.42. The number of unbranched alkanes of at least 4 members (excludes halogenated alkanes) is 2. The Morgan fingerprint density at radius 3 is 2.10 bits per heavy atom. The molecule has 2 amide bonds. The number of amides is 2. The molecule has 318 valence electrons. The number of anilines is 1. The third kappa shape index (κ3) is 12.0. The molecule has 0 saturated carbocycles. The highest BCUT2D eigenvalue weighted by atomic mass is 19.1. The second-order valence-electron chi connectivity index (χ2n) is 16.3. The Morgan fingerprint density at radius 2 is 1.52 bits per heavy atom. The average Bonchev–Trinajstić information content (AvgIpc) is 3.50. The Bertz CT molecular complexity index is 1820. The monoisotopic (exact) mass is 804 g/mol. The van der Waals surface area contributed by atoms with Crippen LogP contribution in [0.1, 0.15) is 114 Å². The van der Waals surface area contributed by atoms with E-state index in [0.717, 1.165) is 19.3 Å². The molecule has 3 aliphatic heterocycles. The molecule has 3 heterocycles. The van der Waals surface area contributed by atoms with Gasteiger partial charge in [0, 0.05) is 50.8 Å². The fraction of sp³-hybridized carbons (Fsp3) is 0.543. The Hall–Kier alpha value is -5.02. The van der Waals surface area contributed by atoms with Crippen LogP contribution < -0.4 is 23.8 Å². The molecule has 0 radical (unpaired) electrons. The second kappa shape index (κ2) is 21.7. The van der Waals surface area contributed by atoms with E-state index in [0.29, 0.717) is 65.3 Å². The number of aliphatic hydroxyl groups is 1. The number of aliphatic hydroxyl groups excluding tert-OH is 1. The predicted molar refractivity (Wildman–Crippen MR) is 231 cm³/mol. The lowest BCUT2D eigenvalue weighted by Gasteiger charge is -2.31. The number of allylic oxidation sites excluding steroid dienone is 1. The summed E-state index contributed by atoms with van der Waals surface area (Å²) in [6.07, 6.45) is 21.1. The summed E-state index contributed by atoms with van der Waals surface area (Å²) in [5.74, 6) is 1.09. The molecule has 1 N–H and O–H groups in total. The lowest BCUT2D eigenvalue weighted by molar-refractivity contribution is 0.0807. The van der Waals surface area contributed by atoms with Crippen molar-refractivity contribution >= 4 is 29.4 Å². The molecule has 0 fully saturated rings. The number of fused-ring (bicyclic) bond motifs is 3. The number of halogens is 1. The van der Waals surface area contributed by atoms with E-state index in [-0.39, 0.29) is 47.5 Å². The number of hydrogen-bond acceptors (Lipinski definition) is 9. The Morgan fingerprint density at radius 1 is 0.897 bits per heavy atom. The molecule has 0 aliphatic carbocycles. The molecule has 0 bridgehead atoms. The maximum absolute atomic E-state index is 13.9. The molecule has 0 aromatic heterocycles. The summed E-state index contributed by atoms with van der Waals surface area (Å²) in [6.45, 7) is 16.1. The number of terminal acetylenes is 1. The number of carbonyl (C=O) groups is 2. The predicted octanol–water partition coefficient (Wildman–Crippen LogP) is 9.36. The molecule has 2 aromatic rings. The summed E-state index contributed by atoms with van der Waals surface area (Å²) in [6, 6.07) is 6.16. The van der Waals surface area contributed by atoms with Crippen LogP contribution in [0.4, 0.5) is 15.8 Å². The minimum Gasteiger partial charge on any atom is -0.493 e. The largest absolute Gasteiger partial charge is 0.493 e. The van der Waals surface area contributed by atoms with E-state index in [4.69, 9.17) is 18.9 Å². The fourth-order valence-electron chi connectivity index (χ4n) is 6.83. The van der Waals surface area contributed by atoms with Crippen LogP contribution in [0.5, 0.6) is 23.0 Å². The third-order valence-electron chi connectivity index (χ3n) is 10.7. The Balaban J connectivity index is 0.00000119. The van der Waals surface area contributed by atoms with E-state index in [1.165, 1.54) is 37.5 Å². The van der Waals surface area contributed by atoms with Crippen LogP contribution in [0.25, 0.3) is 0 Å². The van der Waals surface area contributed by atoms with Crippen LogP contribution in [0.3, 0.4) is 0 Å². The van der Waals surface area contributed by atoms with Gasteiger partial charge in [0.15, 0.2) is 23.0 Å². The summed E-state index contributed by atoms with van der Waals surface area (Å²) >= 11 is 0. The van der Waals surface area contributed by atoms with Crippen LogP contribution in [-0.2, 0) is 0 Å². The van der Waals surface area contributed by atoms with Gasteiger partial charge in [-0.2, -0.15) is 0 Å². The van der Waals surface area contributed by atoms with Gasteiger partial charge in [0.1, 0.15) is 5.83 Å². The van der Waals surface area contributed by atoms with Crippen LogP contribution in [0.2, 0.25) is 0 Å². The normalized spacial score (nSPS) is 17.5. The van der Waals surface area contributed by atoms with Crippen LogP contribution in [-0.4, -0.2) is 92.7 Å². The lowest BCUT2D eigenvalue weighted by atomic mass is 9.78. The van der Waals surface area contributed by atoms with Crippen molar-refractivity contribution in [2.24, 2.45) is 15.8 Å². The van der Waals surface area contributed by atoms with Crippen molar-refractivity contribution in [2.75, 3.05) is 52.5 Å². The summed E-state index contributed by atoms with van der Waals surface area (Å²) in [4.78, 5) is 36.0.